The van der Waals surface area contributed by atoms with E-state index in [1.54, 1.807) is 7.11 Å². The third-order valence-corrected chi connectivity index (χ3v) is 4.60. The Morgan fingerprint density at radius 2 is 1.59 bits per heavy atom. The summed E-state index contributed by atoms with van der Waals surface area (Å²) in [4.78, 5) is 0. The first-order chi connectivity index (χ1) is 13.0. The van der Waals surface area contributed by atoms with E-state index in [9.17, 15) is 10.0 Å². The highest BCUT2D eigenvalue weighted by molar-refractivity contribution is 6.59. The quantitative estimate of drug-likeness (QED) is 0.661. The van der Waals surface area contributed by atoms with E-state index in [2.05, 4.69) is 0 Å². The van der Waals surface area contributed by atoms with Crippen LogP contribution in [-0.2, 0) is 6.61 Å². The molecule has 0 unspecified atom stereocenters. The first-order valence-corrected chi connectivity index (χ1v) is 8.82. The molecule has 2 N–H and O–H groups in total. The fourth-order valence-corrected chi connectivity index (χ4v) is 3.12. The molecule has 3 rings (SSSR count). The number of aryl methyl sites for hydroxylation is 2. The highest BCUT2D eigenvalue weighted by atomic mass is 16.5. The highest BCUT2D eigenvalue weighted by Gasteiger charge is 2.17. The van der Waals surface area contributed by atoms with Crippen LogP contribution < -0.4 is 14.9 Å². The number of rotatable bonds is 6. The number of hydrogen-bond acceptors (Lipinski definition) is 4. The Hall–Kier alpha value is -2.76. The van der Waals surface area contributed by atoms with Crippen molar-refractivity contribution < 1.29 is 19.5 Å². The smallest absolute Gasteiger partial charge is 0.488 e. The number of methoxy groups -OCH3 is 1. The molecule has 0 radical (unpaired) electrons. The van der Waals surface area contributed by atoms with E-state index < -0.39 is 7.12 Å². The molecule has 138 valence electrons. The zero-order valence-corrected chi connectivity index (χ0v) is 15.8. The molecular formula is C22H23BO4. The van der Waals surface area contributed by atoms with E-state index in [0.717, 1.165) is 27.8 Å². The van der Waals surface area contributed by atoms with Gasteiger partial charge in [0.05, 0.1) is 7.11 Å². The van der Waals surface area contributed by atoms with Crippen LogP contribution in [0.15, 0.2) is 60.7 Å². The van der Waals surface area contributed by atoms with E-state index in [0.29, 0.717) is 23.6 Å². The molecule has 0 bridgehead atoms. The second-order valence-electron chi connectivity index (χ2n) is 6.54. The monoisotopic (exact) mass is 362 g/mol. The molecule has 0 saturated heterocycles. The summed E-state index contributed by atoms with van der Waals surface area (Å²) in [6.45, 7) is 4.29. The van der Waals surface area contributed by atoms with E-state index >= 15 is 0 Å². The highest BCUT2D eigenvalue weighted by Crippen LogP contribution is 2.34. The van der Waals surface area contributed by atoms with Gasteiger partial charge in [-0.25, -0.2) is 0 Å². The summed E-state index contributed by atoms with van der Waals surface area (Å²) in [7, 11) is 0.152. The van der Waals surface area contributed by atoms with Gasteiger partial charge in [0.2, 0.25) is 0 Å². The van der Waals surface area contributed by atoms with E-state index in [4.69, 9.17) is 9.47 Å². The van der Waals surface area contributed by atoms with Crippen LogP contribution in [-0.4, -0.2) is 24.3 Å². The van der Waals surface area contributed by atoms with Crippen molar-refractivity contribution in [3.8, 4) is 22.6 Å². The van der Waals surface area contributed by atoms with Gasteiger partial charge in [0.25, 0.3) is 0 Å². The lowest BCUT2D eigenvalue weighted by Crippen LogP contribution is -2.32. The molecule has 0 aromatic heterocycles. The molecule has 0 heterocycles. The van der Waals surface area contributed by atoms with E-state index in [-0.39, 0.29) is 0 Å². The third-order valence-electron chi connectivity index (χ3n) is 4.60. The first kappa shape index (κ1) is 19.0. The van der Waals surface area contributed by atoms with E-state index in [1.807, 2.05) is 74.5 Å². The first-order valence-electron chi connectivity index (χ1n) is 8.82. The van der Waals surface area contributed by atoms with Gasteiger partial charge in [-0.2, -0.15) is 0 Å². The Bertz CT molecular complexity index is 923. The van der Waals surface area contributed by atoms with Crippen molar-refractivity contribution in [2.24, 2.45) is 0 Å². The summed E-state index contributed by atoms with van der Waals surface area (Å²) in [6, 6.07) is 19.6. The molecule has 3 aromatic carbocycles. The fraction of sp³-hybridized carbons (Fsp3) is 0.182. The number of hydrogen-bond donors (Lipinski definition) is 2. The largest absolute Gasteiger partial charge is 0.493 e. The van der Waals surface area contributed by atoms with Gasteiger partial charge in [-0.05, 0) is 53.7 Å². The van der Waals surface area contributed by atoms with Crippen LogP contribution in [0.2, 0.25) is 0 Å². The summed E-state index contributed by atoms with van der Waals surface area (Å²) >= 11 is 0. The molecule has 0 spiro atoms. The second-order valence-corrected chi connectivity index (χ2v) is 6.54. The van der Waals surface area contributed by atoms with Crippen LogP contribution in [0.3, 0.4) is 0 Å². The lowest BCUT2D eigenvalue weighted by molar-refractivity contribution is 0.284. The van der Waals surface area contributed by atoms with Crippen LogP contribution in [0.25, 0.3) is 11.1 Å². The Labute approximate surface area is 160 Å². The van der Waals surface area contributed by atoms with Crippen molar-refractivity contribution in [3.63, 3.8) is 0 Å². The van der Waals surface area contributed by atoms with Gasteiger partial charge in [0.15, 0.2) is 11.5 Å². The van der Waals surface area contributed by atoms with Gasteiger partial charge in [-0.3, -0.25) is 0 Å². The maximum absolute atomic E-state index is 9.48. The zero-order valence-electron chi connectivity index (χ0n) is 15.8. The molecule has 0 aliphatic carbocycles. The SMILES string of the molecule is COc1cc(-c2cc(C)c(B(O)O)cc2C)ccc1OCc1ccccc1. The maximum atomic E-state index is 9.48. The van der Waals surface area contributed by atoms with Gasteiger partial charge < -0.3 is 19.5 Å². The molecule has 3 aromatic rings. The molecule has 0 saturated carbocycles. The van der Waals surface area contributed by atoms with Gasteiger partial charge in [-0.1, -0.05) is 54.1 Å². The molecule has 0 fully saturated rings. The van der Waals surface area contributed by atoms with Gasteiger partial charge in [-0.15, -0.1) is 0 Å². The second kappa shape index (κ2) is 8.29. The molecule has 27 heavy (non-hydrogen) atoms. The summed E-state index contributed by atoms with van der Waals surface area (Å²) in [5.41, 5.74) is 5.40. The van der Waals surface area contributed by atoms with Crippen molar-refractivity contribution in [1.29, 1.82) is 0 Å². The molecular weight excluding hydrogens is 339 g/mol. The Morgan fingerprint density at radius 1 is 0.852 bits per heavy atom. The van der Waals surface area contributed by atoms with Crippen molar-refractivity contribution in [2.75, 3.05) is 7.11 Å². The minimum Gasteiger partial charge on any atom is -0.493 e. The number of benzene rings is 3. The summed E-state index contributed by atoms with van der Waals surface area (Å²) in [5.74, 6) is 1.34. The lowest BCUT2D eigenvalue weighted by Gasteiger charge is -2.15. The van der Waals surface area contributed by atoms with Crippen LogP contribution in [0.5, 0.6) is 11.5 Å². The number of ether oxygens (including phenoxy) is 2. The molecule has 5 heteroatoms. The van der Waals surface area contributed by atoms with Crippen LogP contribution in [0, 0.1) is 13.8 Å². The van der Waals surface area contributed by atoms with Gasteiger partial charge >= 0.3 is 7.12 Å². The zero-order chi connectivity index (χ0) is 19.4. The average molecular weight is 362 g/mol. The molecule has 0 aliphatic rings. The predicted octanol–water partition coefficient (Wildman–Crippen LogP) is 3.24. The Balaban J connectivity index is 1.89. The Kier molecular flexibility index (Phi) is 5.84. The van der Waals surface area contributed by atoms with Crippen molar-refractivity contribution in [3.05, 3.63) is 77.4 Å². The standard InChI is InChI=1S/C22H23BO4/c1-15-12-20(23(24)25)16(2)11-19(15)18-9-10-21(22(13-18)26-3)27-14-17-7-5-4-6-8-17/h4-13,24-25H,14H2,1-3H3. The third kappa shape index (κ3) is 4.33. The van der Waals surface area contributed by atoms with Crippen molar-refractivity contribution >= 4 is 12.6 Å². The van der Waals surface area contributed by atoms with Crippen LogP contribution in [0.4, 0.5) is 0 Å². The normalized spacial score (nSPS) is 10.6. The molecule has 0 amide bonds. The van der Waals surface area contributed by atoms with Crippen molar-refractivity contribution in [1.82, 2.24) is 0 Å². The maximum Gasteiger partial charge on any atom is 0.488 e. The van der Waals surface area contributed by atoms with E-state index in [1.165, 1.54) is 0 Å². The summed E-state index contributed by atoms with van der Waals surface area (Å²) in [6.07, 6.45) is 0. The van der Waals surface area contributed by atoms with Gasteiger partial charge in [0.1, 0.15) is 6.61 Å². The minimum atomic E-state index is -1.47. The minimum absolute atomic E-state index is 0.470. The summed E-state index contributed by atoms with van der Waals surface area (Å²) < 4.78 is 11.4. The average Bonchev–Trinajstić information content (AvgIpc) is 2.68. The van der Waals surface area contributed by atoms with Crippen LogP contribution >= 0.6 is 0 Å². The molecule has 0 aliphatic heterocycles. The van der Waals surface area contributed by atoms with Crippen molar-refractivity contribution in [2.45, 2.75) is 20.5 Å². The Morgan fingerprint density at radius 3 is 2.26 bits per heavy atom. The predicted molar refractivity (Wildman–Crippen MR) is 109 cm³/mol. The summed E-state index contributed by atoms with van der Waals surface area (Å²) in [5, 5.41) is 19.0. The topological polar surface area (TPSA) is 58.9 Å². The van der Waals surface area contributed by atoms with Gasteiger partial charge in [0, 0.05) is 0 Å². The lowest BCUT2D eigenvalue weighted by atomic mass is 9.75. The fourth-order valence-electron chi connectivity index (χ4n) is 3.12. The molecule has 4 nitrogen and oxygen atoms in total. The molecule has 0 atom stereocenters. The van der Waals surface area contributed by atoms with Crippen LogP contribution in [0.1, 0.15) is 16.7 Å².